The van der Waals surface area contributed by atoms with E-state index in [1.807, 2.05) is 54.6 Å². The van der Waals surface area contributed by atoms with E-state index in [9.17, 15) is 14.7 Å². The number of nitrogens with zero attached hydrogens (tertiary/aromatic N) is 3. The zero-order chi connectivity index (χ0) is 29.5. The summed E-state index contributed by atoms with van der Waals surface area (Å²) in [5.41, 5.74) is 4.53. The van der Waals surface area contributed by atoms with Gasteiger partial charge in [-0.3, -0.25) is 14.5 Å². The van der Waals surface area contributed by atoms with Crippen LogP contribution in [-0.4, -0.2) is 39.5 Å². The van der Waals surface area contributed by atoms with Crippen molar-refractivity contribution in [1.29, 1.82) is 0 Å². The normalized spacial score (nSPS) is 14.5. The fourth-order valence-electron chi connectivity index (χ4n) is 5.00. The molecule has 1 atom stereocenters. The molecule has 1 aromatic heterocycles. The fourth-order valence-corrected chi connectivity index (χ4v) is 5.25. The van der Waals surface area contributed by atoms with Crippen LogP contribution in [0.3, 0.4) is 0 Å². The SMILES string of the molecule is O=C(CCCCCCN1C(=O)C(O)Cc2nc(-c3ccc(Cl)cc3)c(-c3ccc(Cl)cc3)nc21)NCc1ccccc1. The monoisotopic (exact) mass is 602 g/mol. The van der Waals surface area contributed by atoms with E-state index in [1.165, 1.54) is 0 Å². The average molecular weight is 604 g/mol. The minimum atomic E-state index is -1.18. The van der Waals surface area contributed by atoms with Crippen molar-refractivity contribution in [2.75, 3.05) is 11.4 Å². The van der Waals surface area contributed by atoms with E-state index in [0.29, 0.717) is 58.9 Å². The second-order valence-electron chi connectivity index (χ2n) is 10.3. The summed E-state index contributed by atoms with van der Waals surface area (Å²) in [6.07, 6.45) is 2.53. The number of fused-ring (bicyclic) bond motifs is 1. The molecule has 1 aliphatic heterocycles. The minimum absolute atomic E-state index is 0.0311. The Balaban J connectivity index is 1.26. The average Bonchev–Trinajstić information content (AvgIpc) is 3.00. The molecule has 42 heavy (non-hydrogen) atoms. The zero-order valence-corrected chi connectivity index (χ0v) is 24.6. The van der Waals surface area contributed by atoms with Gasteiger partial charge in [0.15, 0.2) is 5.82 Å². The lowest BCUT2D eigenvalue weighted by Gasteiger charge is -2.31. The van der Waals surface area contributed by atoms with Crippen LogP contribution in [0.15, 0.2) is 78.9 Å². The Kier molecular flexibility index (Phi) is 9.85. The summed E-state index contributed by atoms with van der Waals surface area (Å²) in [6.45, 7) is 0.926. The van der Waals surface area contributed by atoms with Crippen LogP contribution in [-0.2, 0) is 22.6 Å². The number of hydrogen-bond donors (Lipinski definition) is 2. The molecule has 1 unspecified atom stereocenters. The van der Waals surface area contributed by atoms with Crippen molar-refractivity contribution in [3.63, 3.8) is 0 Å². The maximum Gasteiger partial charge on any atom is 0.257 e. The van der Waals surface area contributed by atoms with E-state index in [0.717, 1.165) is 36.0 Å². The van der Waals surface area contributed by atoms with Gasteiger partial charge in [0.1, 0.15) is 6.10 Å². The van der Waals surface area contributed by atoms with Crippen LogP contribution in [0.4, 0.5) is 5.82 Å². The highest BCUT2D eigenvalue weighted by Crippen LogP contribution is 2.36. The number of carbonyl (C=O) groups is 2. The first-order chi connectivity index (χ1) is 20.4. The lowest BCUT2D eigenvalue weighted by Crippen LogP contribution is -2.46. The van der Waals surface area contributed by atoms with Gasteiger partial charge >= 0.3 is 0 Å². The summed E-state index contributed by atoms with van der Waals surface area (Å²) in [4.78, 5) is 36.7. The molecule has 0 spiro atoms. The third kappa shape index (κ3) is 7.34. The molecular formula is C33H32Cl2N4O3. The van der Waals surface area contributed by atoms with Crippen molar-refractivity contribution in [3.05, 3.63) is 100 Å². The number of aromatic nitrogens is 2. The van der Waals surface area contributed by atoms with E-state index < -0.39 is 6.10 Å². The van der Waals surface area contributed by atoms with Gasteiger partial charge in [0.05, 0.1) is 17.1 Å². The highest BCUT2D eigenvalue weighted by atomic mass is 35.5. The summed E-state index contributed by atoms with van der Waals surface area (Å²) in [7, 11) is 0. The molecule has 1 aliphatic rings. The van der Waals surface area contributed by atoms with Gasteiger partial charge in [-0.15, -0.1) is 0 Å². The van der Waals surface area contributed by atoms with Gasteiger partial charge in [0.2, 0.25) is 5.91 Å². The minimum Gasteiger partial charge on any atom is -0.383 e. The summed E-state index contributed by atoms with van der Waals surface area (Å²) >= 11 is 12.3. The second kappa shape index (κ2) is 13.9. The molecule has 0 radical (unpaired) electrons. The summed E-state index contributed by atoms with van der Waals surface area (Å²) in [6, 6.07) is 24.5. The quantitative estimate of drug-likeness (QED) is 0.188. The third-order valence-corrected chi connectivity index (χ3v) is 7.75. The van der Waals surface area contributed by atoms with Gasteiger partial charge in [-0.25, -0.2) is 9.97 Å². The van der Waals surface area contributed by atoms with Gasteiger partial charge in [-0.1, -0.05) is 90.6 Å². The number of hydrogen-bond acceptors (Lipinski definition) is 5. The van der Waals surface area contributed by atoms with Gasteiger partial charge in [-0.2, -0.15) is 0 Å². The standard InChI is InChI=1S/C33H32Cl2N4O3/c34-25-15-11-23(12-16-25)30-31(24-13-17-26(35)18-14-24)38-32-27(37-30)20-28(40)33(42)39(32)19-7-2-1-6-10-29(41)36-21-22-8-4-3-5-9-22/h3-5,8-9,11-18,28,40H,1-2,6-7,10,19-21H2,(H,36,41). The van der Waals surface area contributed by atoms with Gasteiger partial charge in [0, 0.05) is 47.1 Å². The molecule has 7 nitrogen and oxygen atoms in total. The molecule has 216 valence electrons. The molecule has 4 aromatic rings. The number of anilines is 1. The van der Waals surface area contributed by atoms with Crippen LogP contribution in [0.5, 0.6) is 0 Å². The largest absolute Gasteiger partial charge is 0.383 e. The van der Waals surface area contributed by atoms with Gasteiger partial charge < -0.3 is 10.4 Å². The van der Waals surface area contributed by atoms with E-state index >= 15 is 0 Å². The Morgan fingerprint density at radius 2 is 1.43 bits per heavy atom. The molecular weight excluding hydrogens is 571 g/mol. The molecule has 0 saturated heterocycles. The van der Waals surface area contributed by atoms with E-state index in [4.69, 9.17) is 33.2 Å². The number of halogens is 2. The summed E-state index contributed by atoms with van der Waals surface area (Å²) < 4.78 is 0. The topological polar surface area (TPSA) is 95.4 Å². The highest BCUT2D eigenvalue weighted by Gasteiger charge is 2.34. The predicted molar refractivity (Wildman–Crippen MR) is 166 cm³/mol. The van der Waals surface area contributed by atoms with Crippen molar-refractivity contribution >= 4 is 40.8 Å². The van der Waals surface area contributed by atoms with Crippen LogP contribution in [0.1, 0.15) is 43.4 Å². The number of amides is 2. The van der Waals surface area contributed by atoms with Crippen molar-refractivity contribution in [2.24, 2.45) is 0 Å². The number of carbonyl (C=O) groups excluding carboxylic acids is 2. The lowest BCUT2D eigenvalue weighted by atomic mass is 10.0. The predicted octanol–water partition coefficient (Wildman–Crippen LogP) is 6.63. The van der Waals surface area contributed by atoms with Gasteiger partial charge in [-0.05, 0) is 42.7 Å². The van der Waals surface area contributed by atoms with Gasteiger partial charge in [0.25, 0.3) is 5.91 Å². The van der Waals surface area contributed by atoms with E-state index in [-0.39, 0.29) is 18.2 Å². The van der Waals surface area contributed by atoms with E-state index in [1.54, 1.807) is 29.2 Å². The first-order valence-electron chi connectivity index (χ1n) is 14.1. The summed E-state index contributed by atoms with van der Waals surface area (Å²) in [5, 5.41) is 14.8. The Morgan fingerprint density at radius 1 is 0.833 bits per heavy atom. The van der Waals surface area contributed by atoms with Crippen LogP contribution in [0.2, 0.25) is 10.0 Å². The van der Waals surface area contributed by atoms with Crippen LogP contribution in [0.25, 0.3) is 22.5 Å². The van der Waals surface area contributed by atoms with Crippen LogP contribution >= 0.6 is 23.2 Å². The molecule has 5 rings (SSSR count). The summed E-state index contributed by atoms with van der Waals surface area (Å²) in [5.74, 6) is 0.121. The highest BCUT2D eigenvalue weighted by molar-refractivity contribution is 6.31. The molecule has 0 aliphatic carbocycles. The van der Waals surface area contributed by atoms with Crippen LogP contribution in [0, 0.1) is 0 Å². The maximum absolute atomic E-state index is 13.1. The molecule has 0 saturated carbocycles. The zero-order valence-electron chi connectivity index (χ0n) is 23.1. The Morgan fingerprint density at radius 3 is 2.07 bits per heavy atom. The van der Waals surface area contributed by atoms with Crippen molar-refractivity contribution < 1.29 is 14.7 Å². The fraction of sp³-hybridized carbons (Fsp3) is 0.273. The van der Waals surface area contributed by atoms with E-state index in [2.05, 4.69) is 5.32 Å². The number of aliphatic hydroxyl groups excluding tert-OH is 1. The molecule has 2 N–H and O–H groups in total. The Labute approximate surface area is 255 Å². The third-order valence-electron chi connectivity index (χ3n) is 7.24. The molecule has 9 heteroatoms. The number of aliphatic hydroxyl groups is 1. The number of nitrogens with one attached hydrogen (secondary N) is 1. The molecule has 2 amide bonds. The Hall–Kier alpha value is -3.78. The number of rotatable bonds is 11. The van der Waals surface area contributed by atoms with Crippen molar-refractivity contribution in [1.82, 2.24) is 15.3 Å². The number of unbranched alkanes of at least 4 members (excludes halogenated alkanes) is 3. The first kappa shape index (κ1) is 29.7. The smallest absolute Gasteiger partial charge is 0.257 e. The second-order valence-corrected chi connectivity index (χ2v) is 11.2. The van der Waals surface area contributed by atoms with Crippen molar-refractivity contribution in [3.8, 4) is 22.5 Å². The molecule has 2 heterocycles. The Bertz CT molecular complexity index is 1530. The maximum atomic E-state index is 13.1. The molecule has 0 fully saturated rings. The first-order valence-corrected chi connectivity index (χ1v) is 14.9. The van der Waals surface area contributed by atoms with Crippen molar-refractivity contribution in [2.45, 2.75) is 51.2 Å². The van der Waals surface area contributed by atoms with Crippen LogP contribution < -0.4 is 10.2 Å². The lowest BCUT2D eigenvalue weighted by molar-refractivity contribution is -0.127. The molecule has 0 bridgehead atoms. The number of benzene rings is 3. The molecule has 3 aromatic carbocycles.